The second-order valence-corrected chi connectivity index (χ2v) is 7.44. The summed E-state index contributed by atoms with van der Waals surface area (Å²) in [6, 6.07) is 17.7. The van der Waals surface area contributed by atoms with Gasteiger partial charge in [-0.2, -0.15) is 13.2 Å². The molecule has 0 amide bonds. The summed E-state index contributed by atoms with van der Waals surface area (Å²) in [4.78, 5) is 20.5. The average Bonchev–Trinajstić information content (AvgIpc) is 3.43. The number of alkyl halides is 3. The molecule has 2 N–H and O–H groups in total. The van der Waals surface area contributed by atoms with Crippen LogP contribution in [0, 0.1) is 0 Å². The van der Waals surface area contributed by atoms with E-state index in [9.17, 15) is 18.0 Å². The number of aromatic amines is 1. The van der Waals surface area contributed by atoms with Gasteiger partial charge in [0.05, 0.1) is 11.1 Å². The van der Waals surface area contributed by atoms with Gasteiger partial charge in [-0.25, -0.2) is 4.98 Å². The highest BCUT2D eigenvalue weighted by Gasteiger charge is 2.30. The fourth-order valence-corrected chi connectivity index (χ4v) is 3.67. The minimum absolute atomic E-state index is 0.213. The van der Waals surface area contributed by atoms with Crippen LogP contribution in [-0.2, 0) is 6.18 Å². The Morgan fingerprint density at radius 1 is 1.03 bits per heavy atom. The molecule has 0 spiro atoms. The quantitative estimate of drug-likeness (QED) is 0.246. The Labute approximate surface area is 186 Å². The van der Waals surface area contributed by atoms with E-state index in [1.165, 1.54) is 18.2 Å². The van der Waals surface area contributed by atoms with Gasteiger partial charge in [-0.3, -0.25) is 9.20 Å². The Kier molecular flexibility index (Phi) is 4.97. The smallest absolute Gasteiger partial charge is 0.362 e. The van der Waals surface area contributed by atoms with E-state index in [0.29, 0.717) is 16.9 Å². The van der Waals surface area contributed by atoms with Crippen molar-refractivity contribution in [2.75, 3.05) is 5.32 Å². The first kappa shape index (κ1) is 20.6. The van der Waals surface area contributed by atoms with Gasteiger partial charge in [0.1, 0.15) is 11.5 Å². The number of imidazole rings is 1. The molecule has 0 fully saturated rings. The second kappa shape index (κ2) is 7.98. The van der Waals surface area contributed by atoms with Crippen molar-refractivity contribution in [2.45, 2.75) is 6.18 Å². The van der Waals surface area contributed by atoms with Crippen molar-refractivity contribution < 1.29 is 18.0 Å². The number of hydrogen-bond acceptors (Lipinski definition) is 3. The zero-order valence-electron chi connectivity index (χ0n) is 17.1. The van der Waals surface area contributed by atoms with Crippen LogP contribution in [0.1, 0.15) is 16.1 Å². The molecule has 3 heterocycles. The summed E-state index contributed by atoms with van der Waals surface area (Å²) in [5, 5.41) is 4.12. The summed E-state index contributed by atoms with van der Waals surface area (Å²) < 4.78 is 40.4. The minimum Gasteiger partial charge on any atom is -0.362 e. The van der Waals surface area contributed by atoms with Crippen molar-refractivity contribution in [1.29, 1.82) is 0 Å². The van der Waals surface area contributed by atoms with Crippen LogP contribution in [0.3, 0.4) is 0 Å². The fraction of sp³-hybridized carbons (Fsp3) is 0.0400. The second-order valence-electron chi connectivity index (χ2n) is 7.44. The number of hydrogen-bond donors (Lipinski definition) is 2. The molecule has 0 radical (unpaired) electrons. The minimum atomic E-state index is -4.42. The Balaban J connectivity index is 1.43. The Bertz CT molecular complexity index is 1490. The molecule has 0 saturated heterocycles. The molecular weight excluding hydrogens is 429 g/mol. The molecule has 2 aromatic carbocycles. The average molecular weight is 446 g/mol. The van der Waals surface area contributed by atoms with Crippen LogP contribution >= 0.6 is 0 Å². The van der Waals surface area contributed by atoms with Crippen LogP contribution in [0.4, 0.5) is 18.9 Å². The molecule has 0 aliphatic carbocycles. The molecule has 0 aliphatic rings. The van der Waals surface area contributed by atoms with E-state index >= 15 is 0 Å². The predicted molar refractivity (Wildman–Crippen MR) is 121 cm³/mol. The first-order valence-corrected chi connectivity index (χ1v) is 10.1. The molecule has 0 bridgehead atoms. The lowest BCUT2D eigenvalue weighted by Crippen LogP contribution is -2.04. The number of H-pyrrole nitrogens is 1. The number of allylic oxidation sites excluding steroid dienone is 1. The third-order valence-electron chi connectivity index (χ3n) is 5.29. The molecule has 0 saturated carbocycles. The molecule has 0 unspecified atom stereocenters. The summed E-state index contributed by atoms with van der Waals surface area (Å²) >= 11 is 0. The predicted octanol–water partition coefficient (Wildman–Crippen LogP) is 6.31. The van der Waals surface area contributed by atoms with Gasteiger partial charge < -0.3 is 10.3 Å². The molecule has 5 nitrogen and oxygen atoms in total. The van der Waals surface area contributed by atoms with Crippen LogP contribution in [0.15, 0.2) is 91.4 Å². The number of aromatic nitrogens is 3. The number of benzene rings is 2. The maximum atomic E-state index is 12.9. The van der Waals surface area contributed by atoms with E-state index in [4.69, 9.17) is 0 Å². The van der Waals surface area contributed by atoms with Crippen LogP contribution < -0.4 is 5.32 Å². The number of nitrogens with one attached hydrogen (secondary N) is 2. The summed E-state index contributed by atoms with van der Waals surface area (Å²) in [5.41, 5.74) is 2.35. The lowest BCUT2D eigenvalue weighted by Gasteiger charge is -2.07. The van der Waals surface area contributed by atoms with Crippen molar-refractivity contribution in [3.05, 3.63) is 103 Å². The number of anilines is 1. The number of halogens is 3. The molecule has 8 heteroatoms. The number of ketones is 1. The summed E-state index contributed by atoms with van der Waals surface area (Å²) in [7, 11) is 0. The number of rotatable bonds is 5. The van der Waals surface area contributed by atoms with Crippen molar-refractivity contribution in [3.8, 4) is 11.4 Å². The van der Waals surface area contributed by atoms with E-state index < -0.39 is 11.7 Å². The Hall–Kier alpha value is -4.33. The van der Waals surface area contributed by atoms with E-state index in [1.54, 1.807) is 35.0 Å². The van der Waals surface area contributed by atoms with Crippen molar-refractivity contribution in [2.24, 2.45) is 0 Å². The maximum absolute atomic E-state index is 12.9. The highest BCUT2D eigenvalue weighted by Crippen LogP contribution is 2.31. The van der Waals surface area contributed by atoms with E-state index in [-0.39, 0.29) is 11.5 Å². The van der Waals surface area contributed by atoms with E-state index in [0.717, 1.165) is 28.7 Å². The molecule has 3 aromatic heterocycles. The molecule has 5 rings (SSSR count). The van der Waals surface area contributed by atoms with Crippen LogP contribution in [-0.4, -0.2) is 20.2 Å². The monoisotopic (exact) mass is 446 g/mol. The summed E-state index contributed by atoms with van der Waals surface area (Å²) in [6.07, 6.45) is 2.08. The number of nitrogens with zero attached hydrogens (tertiary/aromatic N) is 2. The van der Waals surface area contributed by atoms with Gasteiger partial charge in [-0.1, -0.05) is 18.2 Å². The summed E-state index contributed by atoms with van der Waals surface area (Å²) in [6.45, 7) is 0. The number of carbonyl (C=O) groups is 1. The first-order chi connectivity index (χ1) is 15.9. The topological polar surface area (TPSA) is 62.2 Å². The molecular formula is C25H17F3N4O. The third-order valence-corrected chi connectivity index (χ3v) is 5.29. The maximum Gasteiger partial charge on any atom is 0.416 e. The molecule has 5 aromatic rings. The van der Waals surface area contributed by atoms with Crippen molar-refractivity contribution in [3.63, 3.8) is 0 Å². The highest BCUT2D eigenvalue weighted by atomic mass is 19.4. The van der Waals surface area contributed by atoms with Crippen LogP contribution in [0.2, 0.25) is 0 Å². The van der Waals surface area contributed by atoms with E-state index in [1.807, 2.05) is 30.5 Å². The van der Waals surface area contributed by atoms with Gasteiger partial charge in [0.2, 0.25) is 5.78 Å². The zero-order chi connectivity index (χ0) is 23.0. The lowest BCUT2D eigenvalue weighted by molar-refractivity contribution is -0.137. The largest absolute Gasteiger partial charge is 0.416 e. The highest BCUT2D eigenvalue weighted by molar-refractivity contribution is 6.08. The SMILES string of the molecule is O=C(/C=C\Nc1ccc2[nH]ccc2c1)c1nc(-c2ccc(C(F)(F)F)cc2)n2ccccc12. The number of carbonyl (C=O) groups excluding carboxylic acids is 1. The molecule has 0 aliphatic heterocycles. The third kappa shape index (κ3) is 3.98. The van der Waals surface area contributed by atoms with Gasteiger partial charge in [-0.15, -0.1) is 0 Å². The van der Waals surface area contributed by atoms with E-state index in [2.05, 4.69) is 15.3 Å². The standard InChI is InChI=1S/C25H17F3N4O/c26-25(27,28)18-6-4-16(5-7-18)24-31-23(21-3-1-2-14-32(21)24)22(33)11-13-29-19-8-9-20-17(15-19)10-12-30-20/h1-15,29-30H/b13-11-. The normalized spacial score (nSPS) is 12.1. The number of pyridine rings is 1. The van der Waals surface area contributed by atoms with Crippen LogP contribution in [0.25, 0.3) is 27.8 Å². The summed E-state index contributed by atoms with van der Waals surface area (Å²) in [5.74, 6) is 0.0639. The molecule has 0 atom stereocenters. The fourth-order valence-electron chi connectivity index (χ4n) is 3.67. The van der Waals surface area contributed by atoms with Crippen molar-refractivity contribution >= 4 is 27.9 Å². The van der Waals surface area contributed by atoms with Gasteiger partial charge in [0, 0.05) is 46.8 Å². The van der Waals surface area contributed by atoms with Gasteiger partial charge in [-0.05, 0) is 48.5 Å². The Morgan fingerprint density at radius 2 is 1.85 bits per heavy atom. The van der Waals surface area contributed by atoms with Gasteiger partial charge in [0.25, 0.3) is 0 Å². The van der Waals surface area contributed by atoms with Crippen molar-refractivity contribution in [1.82, 2.24) is 14.4 Å². The molecule has 33 heavy (non-hydrogen) atoms. The zero-order valence-corrected chi connectivity index (χ0v) is 17.1. The lowest BCUT2D eigenvalue weighted by atomic mass is 10.1. The van der Waals surface area contributed by atoms with Gasteiger partial charge in [0.15, 0.2) is 0 Å². The first-order valence-electron chi connectivity index (χ1n) is 10.1. The van der Waals surface area contributed by atoms with Gasteiger partial charge >= 0.3 is 6.18 Å². The number of fused-ring (bicyclic) bond motifs is 2. The molecule has 164 valence electrons. The Morgan fingerprint density at radius 3 is 2.64 bits per heavy atom. The van der Waals surface area contributed by atoms with Crippen LogP contribution in [0.5, 0.6) is 0 Å².